The fraction of sp³-hybridized carbons (Fsp3) is 0.333. The largest absolute Gasteiger partial charge is 0.497 e. The molecule has 0 spiro atoms. The Morgan fingerprint density at radius 1 is 1.24 bits per heavy atom. The van der Waals surface area contributed by atoms with Crippen LogP contribution in [0, 0.1) is 13.8 Å². The number of rotatable bonds is 6. The van der Waals surface area contributed by atoms with Crippen LogP contribution in [0.4, 0.5) is 5.69 Å². The summed E-state index contributed by atoms with van der Waals surface area (Å²) in [7, 11) is 1.52. The second-order valence-corrected chi connectivity index (χ2v) is 5.62. The number of carbonyl (C=O) groups excluding carboxylic acids is 2. The Balaban J connectivity index is 1.81. The van der Waals surface area contributed by atoms with E-state index < -0.39 is 17.9 Å². The maximum Gasteiger partial charge on any atom is 0.313 e. The first-order valence-electron chi connectivity index (χ1n) is 7.89. The van der Waals surface area contributed by atoms with E-state index in [1.807, 2.05) is 0 Å². The average molecular weight is 346 g/mol. The lowest BCUT2D eigenvalue weighted by Crippen LogP contribution is -2.36. The molecule has 1 unspecified atom stereocenters. The lowest BCUT2D eigenvalue weighted by Gasteiger charge is -2.11. The summed E-state index contributed by atoms with van der Waals surface area (Å²) in [6.07, 6.45) is -0.489. The zero-order valence-corrected chi connectivity index (χ0v) is 14.5. The van der Waals surface area contributed by atoms with E-state index >= 15 is 0 Å². The molecule has 2 rings (SSSR count). The first-order valence-corrected chi connectivity index (χ1v) is 7.89. The van der Waals surface area contributed by atoms with Crippen LogP contribution in [-0.4, -0.2) is 30.6 Å². The zero-order valence-electron chi connectivity index (χ0n) is 14.5. The van der Waals surface area contributed by atoms with Gasteiger partial charge in [-0.2, -0.15) is 0 Å². The van der Waals surface area contributed by atoms with Crippen LogP contribution >= 0.6 is 0 Å². The van der Waals surface area contributed by atoms with Crippen LogP contribution in [0.3, 0.4) is 0 Å². The highest BCUT2D eigenvalue weighted by molar-refractivity contribution is 6.39. The monoisotopic (exact) mass is 346 g/mol. The predicted octanol–water partition coefficient (Wildman–Crippen LogP) is 2.08. The van der Waals surface area contributed by atoms with Crippen molar-refractivity contribution in [3.05, 3.63) is 47.4 Å². The molecule has 1 atom stereocenters. The van der Waals surface area contributed by atoms with Crippen LogP contribution in [0.5, 0.6) is 5.75 Å². The normalized spacial score (nSPS) is 11.7. The minimum absolute atomic E-state index is 0.162. The molecule has 7 nitrogen and oxygen atoms in total. The van der Waals surface area contributed by atoms with E-state index in [2.05, 4.69) is 10.6 Å². The van der Waals surface area contributed by atoms with Crippen molar-refractivity contribution in [2.75, 3.05) is 19.0 Å². The number of amides is 2. The van der Waals surface area contributed by atoms with Crippen molar-refractivity contribution in [3.63, 3.8) is 0 Å². The molecule has 0 saturated carbocycles. The van der Waals surface area contributed by atoms with Crippen molar-refractivity contribution < 1.29 is 23.8 Å². The van der Waals surface area contributed by atoms with Gasteiger partial charge in [0.15, 0.2) is 0 Å². The minimum Gasteiger partial charge on any atom is -0.497 e. The van der Waals surface area contributed by atoms with E-state index in [9.17, 15) is 14.7 Å². The number of benzene rings is 1. The summed E-state index contributed by atoms with van der Waals surface area (Å²) < 4.78 is 10.4. The summed E-state index contributed by atoms with van der Waals surface area (Å²) in [6, 6.07) is 8.46. The third kappa shape index (κ3) is 5.09. The van der Waals surface area contributed by atoms with Crippen LogP contribution < -0.4 is 15.4 Å². The van der Waals surface area contributed by atoms with E-state index in [1.165, 1.54) is 7.11 Å². The van der Waals surface area contributed by atoms with Gasteiger partial charge >= 0.3 is 11.8 Å². The molecule has 0 aliphatic heterocycles. The summed E-state index contributed by atoms with van der Waals surface area (Å²) >= 11 is 0. The van der Waals surface area contributed by atoms with E-state index in [0.29, 0.717) is 28.5 Å². The predicted molar refractivity (Wildman–Crippen MR) is 92.4 cm³/mol. The molecule has 0 bridgehead atoms. The fourth-order valence-corrected chi connectivity index (χ4v) is 2.43. The Labute approximate surface area is 146 Å². The number of aryl methyl sites for hydroxylation is 2. The van der Waals surface area contributed by atoms with Crippen molar-refractivity contribution in [1.82, 2.24) is 5.32 Å². The maximum atomic E-state index is 11.9. The second-order valence-electron chi connectivity index (χ2n) is 5.62. The number of ether oxygens (including phenoxy) is 1. The molecule has 134 valence electrons. The summed E-state index contributed by atoms with van der Waals surface area (Å²) in [6.45, 7) is 3.73. The molecule has 3 N–H and O–H groups in total. The maximum absolute atomic E-state index is 11.9. The van der Waals surface area contributed by atoms with Crippen molar-refractivity contribution in [2.45, 2.75) is 26.4 Å². The van der Waals surface area contributed by atoms with Gasteiger partial charge in [0.1, 0.15) is 17.3 Å². The van der Waals surface area contributed by atoms with Gasteiger partial charge < -0.3 is 24.9 Å². The fourth-order valence-electron chi connectivity index (χ4n) is 2.43. The van der Waals surface area contributed by atoms with Crippen LogP contribution in [0.1, 0.15) is 29.6 Å². The quantitative estimate of drug-likeness (QED) is 0.695. The van der Waals surface area contributed by atoms with Gasteiger partial charge in [-0.3, -0.25) is 9.59 Å². The molecular formula is C18H22N2O5. The minimum atomic E-state index is -0.780. The summed E-state index contributed by atoms with van der Waals surface area (Å²) in [5.41, 5.74) is 1.15. The standard InChI is InChI=1S/C18H22N2O5/c1-11-9-15(12(2)25-11)16(21)7-8-19-17(22)18(23)20-13-5-4-6-14(10-13)24-3/h4-6,9-10,16,21H,7-8H2,1-3H3,(H,19,22)(H,20,23). The second kappa shape index (κ2) is 8.34. The van der Waals surface area contributed by atoms with Crippen molar-refractivity contribution in [2.24, 2.45) is 0 Å². The van der Waals surface area contributed by atoms with Crippen molar-refractivity contribution >= 4 is 17.5 Å². The molecule has 7 heteroatoms. The van der Waals surface area contributed by atoms with Crippen LogP contribution in [0.2, 0.25) is 0 Å². The molecule has 1 aromatic carbocycles. The number of furan rings is 1. The average Bonchev–Trinajstić information content (AvgIpc) is 2.93. The number of anilines is 1. The highest BCUT2D eigenvalue weighted by atomic mass is 16.5. The highest BCUT2D eigenvalue weighted by Crippen LogP contribution is 2.23. The Morgan fingerprint density at radius 3 is 2.64 bits per heavy atom. The number of methoxy groups -OCH3 is 1. The van der Waals surface area contributed by atoms with Gasteiger partial charge in [0.05, 0.1) is 13.2 Å². The molecule has 2 amide bonds. The van der Waals surface area contributed by atoms with E-state index in [-0.39, 0.29) is 13.0 Å². The Hall–Kier alpha value is -2.80. The van der Waals surface area contributed by atoms with Gasteiger partial charge in [0.25, 0.3) is 0 Å². The number of hydrogen-bond acceptors (Lipinski definition) is 5. The number of nitrogens with one attached hydrogen (secondary N) is 2. The van der Waals surface area contributed by atoms with Crippen molar-refractivity contribution in [1.29, 1.82) is 0 Å². The summed E-state index contributed by atoms with van der Waals surface area (Å²) in [5.74, 6) is 0.389. The van der Waals surface area contributed by atoms with Gasteiger partial charge in [-0.05, 0) is 38.5 Å². The summed E-state index contributed by atoms with van der Waals surface area (Å²) in [5, 5.41) is 15.1. The van der Waals surface area contributed by atoms with E-state index in [1.54, 1.807) is 44.2 Å². The third-order valence-electron chi connectivity index (χ3n) is 3.68. The molecule has 0 aliphatic carbocycles. The van der Waals surface area contributed by atoms with Gasteiger partial charge in [-0.15, -0.1) is 0 Å². The first-order chi connectivity index (χ1) is 11.9. The molecular weight excluding hydrogens is 324 g/mol. The lowest BCUT2D eigenvalue weighted by molar-refractivity contribution is -0.136. The molecule has 2 aromatic rings. The molecule has 25 heavy (non-hydrogen) atoms. The first kappa shape index (κ1) is 18.5. The molecule has 0 fully saturated rings. The van der Waals surface area contributed by atoms with Crippen LogP contribution in [0.25, 0.3) is 0 Å². The van der Waals surface area contributed by atoms with E-state index in [4.69, 9.17) is 9.15 Å². The number of aliphatic hydroxyl groups is 1. The molecule has 0 radical (unpaired) electrons. The molecule has 0 saturated heterocycles. The van der Waals surface area contributed by atoms with Gasteiger partial charge in [-0.25, -0.2) is 0 Å². The molecule has 1 aromatic heterocycles. The smallest absolute Gasteiger partial charge is 0.313 e. The number of carbonyl (C=O) groups is 2. The Morgan fingerprint density at radius 2 is 2.00 bits per heavy atom. The topological polar surface area (TPSA) is 101 Å². The van der Waals surface area contributed by atoms with Crippen LogP contribution in [-0.2, 0) is 9.59 Å². The highest BCUT2D eigenvalue weighted by Gasteiger charge is 2.17. The van der Waals surface area contributed by atoms with Gasteiger partial charge in [-0.1, -0.05) is 6.07 Å². The number of aliphatic hydroxyl groups excluding tert-OH is 1. The SMILES string of the molecule is COc1cccc(NC(=O)C(=O)NCCC(O)c2cc(C)oc2C)c1. The third-order valence-corrected chi connectivity index (χ3v) is 3.68. The van der Waals surface area contributed by atoms with Gasteiger partial charge in [0, 0.05) is 23.9 Å². The molecule has 1 heterocycles. The Bertz CT molecular complexity index is 754. The van der Waals surface area contributed by atoms with E-state index in [0.717, 1.165) is 0 Å². The zero-order chi connectivity index (χ0) is 18.4. The van der Waals surface area contributed by atoms with Crippen molar-refractivity contribution in [3.8, 4) is 5.75 Å². The molecule has 0 aliphatic rings. The number of hydrogen-bond donors (Lipinski definition) is 3. The van der Waals surface area contributed by atoms with Gasteiger partial charge in [0.2, 0.25) is 0 Å². The lowest BCUT2D eigenvalue weighted by atomic mass is 10.1. The van der Waals surface area contributed by atoms with Crippen LogP contribution in [0.15, 0.2) is 34.7 Å². The summed E-state index contributed by atoms with van der Waals surface area (Å²) in [4.78, 5) is 23.7. The Kier molecular flexibility index (Phi) is 6.19.